The van der Waals surface area contributed by atoms with Crippen LogP contribution in [0.4, 0.5) is 10.5 Å². The zero-order valence-electron chi connectivity index (χ0n) is 33.2. The van der Waals surface area contributed by atoms with Gasteiger partial charge >= 0.3 is 6.03 Å². The Labute approximate surface area is 331 Å². The Balaban J connectivity index is 1.02. The second-order valence-corrected chi connectivity index (χ2v) is 21.8. The van der Waals surface area contributed by atoms with Crippen molar-refractivity contribution < 1.29 is 24.5 Å². The highest BCUT2D eigenvalue weighted by Crippen LogP contribution is 2.78. The fourth-order valence-electron chi connectivity index (χ4n) is 15.6. The molecule has 2 amide bonds. The van der Waals surface area contributed by atoms with Crippen molar-refractivity contribution in [3.05, 3.63) is 70.0 Å². The quantitative estimate of drug-likeness (QED) is 0.184. The third-order valence-electron chi connectivity index (χ3n) is 17.7. The number of aliphatic hydroxyl groups is 2. The van der Waals surface area contributed by atoms with Gasteiger partial charge in [-0.25, -0.2) is 4.79 Å². The Hall–Kier alpha value is -2.94. The van der Waals surface area contributed by atoms with Crippen molar-refractivity contribution in [1.29, 1.82) is 0 Å². The van der Waals surface area contributed by atoms with E-state index in [1.165, 1.54) is 38.5 Å². The van der Waals surface area contributed by atoms with Gasteiger partial charge in [-0.3, -0.25) is 4.79 Å². The number of amides is 2. The van der Waals surface area contributed by atoms with Crippen LogP contribution in [0.1, 0.15) is 112 Å². The number of thiophene rings is 1. The van der Waals surface area contributed by atoms with Gasteiger partial charge in [0.15, 0.2) is 5.78 Å². The van der Waals surface area contributed by atoms with E-state index in [-0.39, 0.29) is 46.0 Å². The lowest BCUT2D eigenvalue weighted by Gasteiger charge is -2.71. The minimum absolute atomic E-state index is 0.0456. The van der Waals surface area contributed by atoms with Crippen LogP contribution in [-0.2, 0) is 0 Å². The highest BCUT2D eigenvalue weighted by Gasteiger charge is 2.74. The number of aryl methyl sites for hydroxylation is 1. The van der Waals surface area contributed by atoms with Gasteiger partial charge in [0.25, 0.3) is 0 Å². The molecular formula is C47H60N2O5S. The number of Topliss-reactive ketones (excluding diaryl/α,β-unsaturated/α-hetero) is 1. The molecular weight excluding hydrogens is 705 g/mol. The highest BCUT2D eigenvalue weighted by molar-refractivity contribution is 7.14. The van der Waals surface area contributed by atoms with E-state index in [4.69, 9.17) is 4.74 Å². The standard InChI is InChI=1S/C47H60N2O5S/c1-29-5-10-37(55-29)40(51)36-26-45-17-18-47(36)38(42(45,2)14-11-34(50)25-45)12-15-43(3)39(47)13-16-46(43,53)28-49(41(52)48-33-6-8-35(54-4)9-7-33)27-44-22-30-19-31(23-44)21-32(20-30)24-44/h5-10,17-18,26,30-32,34,38-39,50,53H,11-16,19-25,27-28H2,1-4H3,(H,48,52)/t30?,31?,32?,34?,38-,39-,42-,43+,44?,45+,46-,47-/m1/s1. The summed E-state index contributed by atoms with van der Waals surface area (Å²) in [5.74, 6) is 3.44. The average molecular weight is 765 g/mol. The highest BCUT2D eigenvalue weighted by atomic mass is 32.1. The minimum Gasteiger partial charge on any atom is -0.497 e. The number of nitrogens with one attached hydrogen (secondary N) is 1. The molecule has 1 heterocycles. The molecule has 7 saturated carbocycles. The number of hydrogen-bond acceptors (Lipinski definition) is 6. The molecule has 0 radical (unpaired) electrons. The summed E-state index contributed by atoms with van der Waals surface area (Å²) in [5.41, 5.74) is -0.847. The molecule has 0 aliphatic heterocycles. The molecule has 2 aromatic rings. The van der Waals surface area contributed by atoms with E-state index in [1.54, 1.807) is 18.4 Å². The van der Waals surface area contributed by atoms with E-state index in [0.717, 1.165) is 76.6 Å². The SMILES string of the molecule is COc1ccc(NC(=O)N(CC23CC4CC(CC(C4)C2)C3)C[C@]2(O)CC[C@H]3[C@]45C=C[C@@]6(C=C4C(=O)c4ccc(C)s4)CC(O)CC[C@]6(C)[C@H]5CC[C@@]32C)cc1. The largest absolute Gasteiger partial charge is 0.497 e. The molecule has 294 valence electrons. The van der Waals surface area contributed by atoms with Crippen molar-refractivity contribution in [2.24, 2.45) is 56.7 Å². The molecule has 2 spiro atoms. The summed E-state index contributed by atoms with van der Waals surface area (Å²) in [6.45, 7) is 7.77. The zero-order chi connectivity index (χ0) is 38.2. The predicted molar refractivity (Wildman–Crippen MR) is 216 cm³/mol. The molecule has 3 N–H and O–H groups in total. The Kier molecular flexibility index (Phi) is 8.13. The predicted octanol–water partition coefficient (Wildman–Crippen LogP) is 9.59. The number of urea groups is 1. The number of rotatable bonds is 8. The number of ketones is 1. The van der Waals surface area contributed by atoms with Crippen molar-refractivity contribution >= 4 is 28.8 Å². The Morgan fingerprint density at radius 1 is 0.855 bits per heavy atom. The van der Waals surface area contributed by atoms with Gasteiger partial charge in [-0.2, -0.15) is 0 Å². The van der Waals surface area contributed by atoms with E-state index in [9.17, 15) is 19.8 Å². The van der Waals surface area contributed by atoms with Crippen LogP contribution in [0, 0.1) is 63.6 Å². The molecule has 8 atom stereocenters. The molecule has 12 rings (SSSR count). The molecule has 0 saturated heterocycles. The second kappa shape index (κ2) is 12.3. The summed E-state index contributed by atoms with van der Waals surface area (Å²) < 4.78 is 5.39. The van der Waals surface area contributed by atoms with Crippen LogP contribution in [0.5, 0.6) is 5.75 Å². The van der Waals surface area contributed by atoms with Gasteiger partial charge in [0.2, 0.25) is 0 Å². The average Bonchev–Trinajstić information content (AvgIpc) is 3.70. The van der Waals surface area contributed by atoms with E-state index in [1.807, 2.05) is 41.3 Å². The molecule has 7 nitrogen and oxygen atoms in total. The summed E-state index contributed by atoms with van der Waals surface area (Å²) in [6, 6.07) is 11.4. The normalized spacial score (nSPS) is 44.4. The summed E-state index contributed by atoms with van der Waals surface area (Å²) in [5, 5.41) is 27.7. The van der Waals surface area contributed by atoms with Gasteiger partial charge in [0.1, 0.15) is 5.75 Å². The lowest BCUT2D eigenvalue weighted by Crippen LogP contribution is -2.67. The maximum Gasteiger partial charge on any atom is 0.321 e. The number of carbonyl (C=O) groups excluding carboxylic acids is 2. The summed E-state index contributed by atoms with van der Waals surface area (Å²) in [6.07, 6.45) is 19.9. The van der Waals surface area contributed by atoms with Crippen LogP contribution in [0.2, 0.25) is 0 Å². The number of anilines is 1. The first-order valence-electron chi connectivity index (χ1n) is 21.4. The molecule has 1 unspecified atom stereocenters. The number of ether oxygens (including phenoxy) is 1. The van der Waals surface area contributed by atoms with Crippen molar-refractivity contribution in [1.82, 2.24) is 4.90 Å². The Morgan fingerprint density at radius 3 is 2.16 bits per heavy atom. The van der Waals surface area contributed by atoms with Crippen LogP contribution in [-0.4, -0.2) is 58.8 Å². The third kappa shape index (κ3) is 5.18. The first-order chi connectivity index (χ1) is 26.2. The van der Waals surface area contributed by atoms with E-state index in [0.29, 0.717) is 25.9 Å². The molecule has 10 aliphatic rings. The van der Waals surface area contributed by atoms with Crippen molar-refractivity contribution in [2.45, 2.75) is 116 Å². The number of benzene rings is 1. The van der Waals surface area contributed by atoms with Gasteiger partial charge < -0.3 is 25.2 Å². The number of aliphatic hydroxyl groups excluding tert-OH is 1. The van der Waals surface area contributed by atoms with Crippen LogP contribution in [0.25, 0.3) is 0 Å². The van der Waals surface area contributed by atoms with Gasteiger partial charge in [-0.15, -0.1) is 11.3 Å². The number of nitrogens with zero attached hydrogens (tertiary/aromatic N) is 1. The van der Waals surface area contributed by atoms with E-state index >= 15 is 0 Å². The first-order valence-corrected chi connectivity index (χ1v) is 22.2. The van der Waals surface area contributed by atoms with Gasteiger partial charge in [-0.1, -0.05) is 32.1 Å². The van der Waals surface area contributed by atoms with Gasteiger partial charge in [0.05, 0.1) is 30.2 Å². The minimum atomic E-state index is -1.12. The maximum absolute atomic E-state index is 14.9. The monoisotopic (exact) mass is 764 g/mol. The summed E-state index contributed by atoms with van der Waals surface area (Å²) >= 11 is 1.57. The molecule has 1 aromatic carbocycles. The molecule has 8 heteroatoms. The fraction of sp³-hybridized carbons (Fsp3) is 0.660. The number of hydrogen-bond donors (Lipinski definition) is 3. The number of methoxy groups -OCH3 is 1. The molecule has 55 heavy (non-hydrogen) atoms. The Morgan fingerprint density at radius 2 is 1.51 bits per heavy atom. The lowest BCUT2D eigenvalue weighted by atomic mass is 9.32. The van der Waals surface area contributed by atoms with Gasteiger partial charge in [-0.05, 0) is 167 Å². The van der Waals surface area contributed by atoms with Crippen LogP contribution in [0.3, 0.4) is 0 Å². The second-order valence-electron chi connectivity index (χ2n) is 20.5. The van der Waals surface area contributed by atoms with Crippen LogP contribution < -0.4 is 10.1 Å². The van der Waals surface area contributed by atoms with E-state index < -0.39 is 16.4 Å². The molecule has 10 aliphatic carbocycles. The molecule has 6 bridgehead atoms. The zero-order valence-corrected chi connectivity index (χ0v) is 34.1. The summed E-state index contributed by atoms with van der Waals surface area (Å²) in [4.78, 5) is 33.5. The number of carbonyl (C=O) groups is 2. The topological polar surface area (TPSA) is 99.1 Å². The third-order valence-corrected chi connectivity index (χ3v) is 18.7. The molecule has 7 fully saturated rings. The first kappa shape index (κ1) is 36.4. The fourth-order valence-corrected chi connectivity index (χ4v) is 16.4. The van der Waals surface area contributed by atoms with Crippen LogP contribution in [0.15, 0.2) is 60.2 Å². The van der Waals surface area contributed by atoms with Crippen LogP contribution >= 0.6 is 11.3 Å². The number of allylic oxidation sites excluding steroid dienone is 4. The smallest absolute Gasteiger partial charge is 0.321 e. The van der Waals surface area contributed by atoms with Crippen molar-refractivity contribution in [2.75, 3.05) is 25.5 Å². The summed E-state index contributed by atoms with van der Waals surface area (Å²) in [7, 11) is 1.65. The van der Waals surface area contributed by atoms with Crippen molar-refractivity contribution in [3.8, 4) is 5.75 Å². The van der Waals surface area contributed by atoms with Crippen molar-refractivity contribution in [3.63, 3.8) is 0 Å². The lowest BCUT2D eigenvalue weighted by molar-refractivity contribution is -0.176. The number of fused-ring (bicyclic) bond motifs is 1. The maximum atomic E-state index is 14.9. The Bertz CT molecular complexity index is 1930. The molecule has 1 aromatic heterocycles. The van der Waals surface area contributed by atoms with Gasteiger partial charge in [0, 0.05) is 38.9 Å². The van der Waals surface area contributed by atoms with E-state index in [2.05, 4.69) is 44.3 Å².